The van der Waals surface area contributed by atoms with Crippen LogP contribution in [0.25, 0.3) is 6.08 Å². The highest BCUT2D eigenvalue weighted by Crippen LogP contribution is 2.18. The van der Waals surface area contributed by atoms with Crippen molar-refractivity contribution in [2.45, 2.75) is 13.0 Å². The first-order chi connectivity index (χ1) is 14.0. The van der Waals surface area contributed by atoms with E-state index in [2.05, 4.69) is 20.6 Å². The molecule has 3 N–H and O–H groups in total. The number of aromatic nitrogens is 2. The standard InChI is InChI=1S/C22H20N4O3/c1-15(17-6-2-5-16(13-17)9-10-20(27)28)25-21(29)18-7-3-8-19(14-18)26-22-23-11-4-12-24-22/h2-15H,1H3,(H,25,29)(H,27,28)(H,23,24,26). The normalized spacial score (nSPS) is 11.8. The largest absolute Gasteiger partial charge is 0.478 e. The fraction of sp³-hybridized carbons (Fsp3) is 0.0909. The van der Waals surface area contributed by atoms with Crippen molar-refractivity contribution < 1.29 is 14.7 Å². The van der Waals surface area contributed by atoms with Crippen LogP contribution in [0.2, 0.25) is 0 Å². The van der Waals surface area contributed by atoms with Gasteiger partial charge in [-0.05, 0) is 54.5 Å². The van der Waals surface area contributed by atoms with E-state index in [-0.39, 0.29) is 11.9 Å². The van der Waals surface area contributed by atoms with Gasteiger partial charge in [0.15, 0.2) is 0 Å². The minimum absolute atomic E-state index is 0.221. The summed E-state index contributed by atoms with van der Waals surface area (Å²) < 4.78 is 0. The Bertz CT molecular complexity index is 1030. The van der Waals surface area contributed by atoms with Gasteiger partial charge in [0.2, 0.25) is 5.95 Å². The Morgan fingerprint density at radius 1 is 1.03 bits per heavy atom. The summed E-state index contributed by atoms with van der Waals surface area (Å²) in [5.41, 5.74) is 2.83. The molecule has 0 aliphatic heterocycles. The van der Waals surface area contributed by atoms with E-state index < -0.39 is 5.97 Å². The van der Waals surface area contributed by atoms with Crippen molar-refractivity contribution in [1.29, 1.82) is 0 Å². The lowest BCUT2D eigenvalue weighted by molar-refractivity contribution is -0.131. The molecule has 0 saturated heterocycles. The van der Waals surface area contributed by atoms with Crippen molar-refractivity contribution in [2.24, 2.45) is 0 Å². The summed E-state index contributed by atoms with van der Waals surface area (Å²) in [5, 5.41) is 14.8. The second-order valence-corrected chi connectivity index (χ2v) is 6.32. The highest BCUT2D eigenvalue weighted by atomic mass is 16.4. The molecule has 0 aliphatic rings. The van der Waals surface area contributed by atoms with Crippen LogP contribution in [-0.2, 0) is 4.79 Å². The molecule has 0 radical (unpaired) electrons. The first-order valence-corrected chi connectivity index (χ1v) is 8.97. The van der Waals surface area contributed by atoms with E-state index in [0.717, 1.165) is 17.2 Å². The number of carboxylic acid groups (broad SMARTS) is 1. The van der Waals surface area contributed by atoms with Crippen LogP contribution in [0.4, 0.5) is 11.6 Å². The highest BCUT2D eigenvalue weighted by molar-refractivity contribution is 5.95. The minimum atomic E-state index is -1.01. The molecule has 0 saturated carbocycles. The van der Waals surface area contributed by atoms with Crippen molar-refractivity contribution in [2.75, 3.05) is 5.32 Å². The van der Waals surface area contributed by atoms with E-state index in [9.17, 15) is 9.59 Å². The third-order valence-corrected chi connectivity index (χ3v) is 4.12. The lowest BCUT2D eigenvalue weighted by Crippen LogP contribution is -2.26. The van der Waals surface area contributed by atoms with Gasteiger partial charge in [-0.25, -0.2) is 14.8 Å². The molecular formula is C22H20N4O3. The summed E-state index contributed by atoms with van der Waals surface area (Å²) >= 11 is 0. The number of amides is 1. The molecule has 1 amide bonds. The average Bonchev–Trinajstić information content (AvgIpc) is 2.73. The van der Waals surface area contributed by atoms with Crippen LogP contribution in [0.15, 0.2) is 73.1 Å². The lowest BCUT2D eigenvalue weighted by atomic mass is 10.0. The Morgan fingerprint density at radius 3 is 2.55 bits per heavy atom. The number of aliphatic carboxylic acids is 1. The highest BCUT2D eigenvalue weighted by Gasteiger charge is 2.12. The maximum Gasteiger partial charge on any atom is 0.328 e. The summed E-state index contributed by atoms with van der Waals surface area (Å²) in [6, 6.07) is 15.9. The zero-order chi connectivity index (χ0) is 20.6. The van der Waals surface area contributed by atoms with Gasteiger partial charge >= 0.3 is 5.97 Å². The Labute approximate surface area is 168 Å². The van der Waals surface area contributed by atoms with E-state index in [0.29, 0.717) is 17.2 Å². The van der Waals surface area contributed by atoms with Gasteiger partial charge in [0.1, 0.15) is 0 Å². The monoisotopic (exact) mass is 388 g/mol. The maximum absolute atomic E-state index is 12.7. The zero-order valence-electron chi connectivity index (χ0n) is 15.7. The Hall–Kier alpha value is -4.00. The van der Waals surface area contributed by atoms with Crippen LogP contribution < -0.4 is 10.6 Å². The van der Waals surface area contributed by atoms with E-state index in [1.807, 2.05) is 31.2 Å². The predicted octanol–water partition coefficient (Wildman–Crippen LogP) is 3.81. The molecular weight excluding hydrogens is 368 g/mol. The predicted molar refractivity (Wildman–Crippen MR) is 111 cm³/mol. The van der Waals surface area contributed by atoms with Gasteiger partial charge in [-0.3, -0.25) is 4.79 Å². The molecule has 29 heavy (non-hydrogen) atoms. The van der Waals surface area contributed by atoms with Crippen molar-refractivity contribution in [3.8, 4) is 0 Å². The number of hydrogen-bond acceptors (Lipinski definition) is 5. The van der Waals surface area contributed by atoms with E-state index >= 15 is 0 Å². The van der Waals surface area contributed by atoms with Gasteiger partial charge in [0, 0.05) is 29.7 Å². The Kier molecular flexibility index (Phi) is 6.32. The van der Waals surface area contributed by atoms with Crippen LogP contribution in [0, 0.1) is 0 Å². The fourth-order valence-electron chi connectivity index (χ4n) is 2.69. The second kappa shape index (κ2) is 9.27. The molecule has 0 spiro atoms. The molecule has 3 rings (SSSR count). The molecule has 1 aromatic heterocycles. The summed E-state index contributed by atoms with van der Waals surface area (Å²) in [4.78, 5) is 31.6. The summed E-state index contributed by atoms with van der Waals surface area (Å²) in [6.45, 7) is 1.87. The first-order valence-electron chi connectivity index (χ1n) is 8.97. The molecule has 0 aliphatic carbocycles. The van der Waals surface area contributed by atoms with Crippen molar-refractivity contribution in [1.82, 2.24) is 15.3 Å². The number of hydrogen-bond donors (Lipinski definition) is 3. The number of anilines is 2. The van der Waals surface area contributed by atoms with Gasteiger partial charge in [-0.1, -0.05) is 24.3 Å². The van der Waals surface area contributed by atoms with E-state index in [4.69, 9.17) is 5.11 Å². The van der Waals surface area contributed by atoms with Gasteiger partial charge in [-0.2, -0.15) is 0 Å². The smallest absolute Gasteiger partial charge is 0.328 e. The van der Waals surface area contributed by atoms with E-state index in [1.165, 1.54) is 6.08 Å². The molecule has 1 atom stereocenters. The third kappa shape index (κ3) is 5.74. The number of carbonyl (C=O) groups excluding carboxylic acids is 1. The SMILES string of the molecule is CC(NC(=O)c1cccc(Nc2ncccn2)c1)c1cccc(C=CC(=O)O)c1. The van der Waals surface area contributed by atoms with Gasteiger partial charge in [0.05, 0.1) is 6.04 Å². The molecule has 3 aromatic rings. The molecule has 146 valence electrons. The maximum atomic E-state index is 12.7. The van der Waals surface area contributed by atoms with E-state index in [1.54, 1.807) is 42.7 Å². The minimum Gasteiger partial charge on any atom is -0.478 e. The number of benzene rings is 2. The number of carbonyl (C=O) groups is 2. The van der Waals surface area contributed by atoms with Gasteiger partial charge in [-0.15, -0.1) is 0 Å². The molecule has 0 bridgehead atoms. The summed E-state index contributed by atoms with van der Waals surface area (Å²) in [6.07, 6.45) is 5.86. The van der Waals surface area contributed by atoms with Crippen LogP contribution in [0.3, 0.4) is 0 Å². The molecule has 1 unspecified atom stereocenters. The summed E-state index contributed by atoms with van der Waals surface area (Å²) in [5.74, 6) is -0.780. The number of nitrogens with zero attached hydrogens (tertiary/aromatic N) is 2. The van der Waals surface area contributed by atoms with Gasteiger partial charge < -0.3 is 15.7 Å². The molecule has 7 heteroatoms. The summed E-state index contributed by atoms with van der Waals surface area (Å²) in [7, 11) is 0. The molecule has 2 aromatic carbocycles. The lowest BCUT2D eigenvalue weighted by Gasteiger charge is -2.15. The second-order valence-electron chi connectivity index (χ2n) is 6.32. The third-order valence-electron chi connectivity index (χ3n) is 4.12. The topological polar surface area (TPSA) is 104 Å². The van der Waals surface area contributed by atoms with Gasteiger partial charge in [0.25, 0.3) is 5.91 Å². The van der Waals surface area contributed by atoms with Crippen LogP contribution >= 0.6 is 0 Å². The quantitative estimate of drug-likeness (QED) is 0.532. The Balaban J connectivity index is 1.69. The van der Waals surface area contributed by atoms with Crippen LogP contribution in [0.5, 0.6) is 0 Å². The molecule has 7 nitrogen and oxygen atoms in total. The van der Waals surface area contributed by atoms with Crippen molar-refractivity contribution >= 4 is 29.6 Å². The molecule has 1 heterocycles. The Morgan fingerprint density at radius 2 is 1.79 bits per heavy atom. The number of nitrogens with one attached hydrogen (secondary N) is 2. The van der Waals surface area contributed by atoms with Crippen molar-refractivity contribution in [3.05, 3.63) is 89.8 Å². The van der Waals surface area contributed by atoms with Crippen LogP contribution in [0.1, 0.15) is 34.5 Å². The average molecular weight is 388 g/mol. The van der Waals surface area contributed by atoms with Crippen molar-refractivity contribution in [3.63, 3.8) is 0 Å². The zero-order valence-corrected chi connectivity index (χ0v) is 15.7. The molecule has 0 fully saturated rings. The fourth-order valence-corrected chi connectivity index (χ4v) is 2.69. The van der Waals surface area contributed by atoms with Crippen LogP contribution in [-0.4, -0.2) is 27.0 Å². The number of rotatable bonds is 7. The first kappa shape index (κ1) is 19.8. The number of carboxylic acids is 1.